The van der Waals surface area contributed by atoms with Crippen LogP contribution in [-0.2, 0) is 11.2 Å². The third kappa shape index (κ3) is 4.52. The molecule has 0 saturated carbocycles. The van der Waals surface area contributed by atoms with Gasteiger partial charge in [0.15, 0.2) is 17.3 Å². The lowest BCUT2D eigenvalue weighted by molar-refractivity contribution is -0.112. The van der Waals surface area contributed by atoms with Crippen molar-refractivity contribution in [2.45, 2.75) is 33.3 Å². The van der Waals surface area contributed by atoms with Gasteiger partial charge in [-0.05, 0) is 50.6 Å². The molecule has 0 unspecified atom stereocenters. The lowest BCUT2D eigenvalue weighted by Crippen LogP contribution is -2.05. The van der Waals surface area contributed by atoms with Gasteiger partial charge < -0.3 is 14.3 Å². The summed E-state index contributed by atoms with van der Waals surface area (Å²) in [7, 11) is 0. The van der Waals surface area contributed by atoms with Gasteiger partial charge in [0.1, 0.15) is 11.5 Å². The highest BCUT2D eigenvalue weighted by Crippen LogP contribution is 2.21. The molecule has 0 saturated heterocycles. The van der Waals surface area contributed by atoms with E-state index in [2.05, 4.69) is 0 Å². The SMILES string of the molecule is CC(=O)C=C(O)c1ccc(Cc2cccc(OC(C)C)c2)o1. The predicted octanol–water partition coefficient (Wildman–Crippen LogP) is 4.15. The number of ketones is 1. The van der Waals surface area contributed by atoms with Crippen molar-refractivity contribution in [1.29, 1.82) is 0 Å². The molecule has 0 aliphatic carbocycles. The Morgan fingerprint density at radius 3 is 2.77 bits per heavy atom. The first-order chi connectivity index (χ1) is 10.4. The first-order valence-corrected chi connectivity index (χ1v) is 7.20. The molecule has 0 aliphatic rings. The lowest BCUT2D eigenvalue weighted by atomic mass is 10.1. The van der Waals surface area contributed by atoms with Crippen LogP contribution >= 0.6 is 0 Å². The quantitative estimate of drug-likeness (QED) is 0.643. The van der Waals surface area contributed by atoms with E-state index in [9.17, 15) is 9.90 Å². The van der Waals surface area contributed by atoms with Crippen LogP contribution in [0.4, 0.5) is 0 Å². The Morgan fingerprint density at radius 2 is 2.09 bits per heavy atom. The molecule has 1 heterocycles. The van der Waals surface area contributed by atoms with E-state index >= 15 is 0 Å². The first kappa shape index (κ1) is 15.9. The second-order valence-electron chi connectivity index (χ2n) is 5.40. The Hall–Kier alpha value is -2.49. The standard InChI is InChI=1S/C18H20O4/c1-12(2)21-15-6-4-5-14(10-15)11-16-7-8-18(22-16)17(20)9-13(3)19/h4-10,12,20H,11H2,1-3H3. The van der Waals surface area contributed by atoms with Crippen LogP contribution in [0.3, 0.4) is 0 Å². The van der Waals surface area contributed by atoms with Crippen LogP contribution in [0.15, 0.2) is 46.9 Å². The van der Waals surface area contributed by atoms with Gasteiger partial charge >= 0.3 is 0 Å². The van der Waals surface area contributed by atoms with Crippen LogP contribution in [0.1, 0.15) is 37.9 Å². The fourth-order valence-electron chi connectivity index (χ4n) is 2.08. The largest absolute Gasteiger partial charge is 0.504 e. The summed E-state index contributed by atoms with van der Waals surface area (Å²) in [6, 6.07) is 11.2. The van der Waals surface area contributed by atoms with Crippen LogP contribution in [0, 0.1) is 0 Å². The van der Waals surface area contributed by atoms with E-state index in [4.69, 9.17) is 9.15 Å². The zero-order valence-electron chi connectivity index (χ0n) is 13.0. The molecule has 0 fully saturated rings. The Balaban J connectivity index is 2.12. The number of benzene rings is 1. The van der Waals surface area contributed by atoms with Crippen molar-refractivity contribution < 1.29 is 19.1 Å². The van der Waals surface area contributed by atoms with Crippen LogP contribution in [0.2, 0.25) is 0 Å². The second-order valence-corrected chi connectivity index (χ2v) is 5.40. The van der Waals surface area contributed by atoms with Crippen LogP contribution < -0.4 is 4.74 Å². The van der Waals surface area contributed by atoms with Crippen LogP contribution in [-0.4, -0.2) is 17.0 Å². The van der Waals surface area contributed by atoms with E-state index in [1.165, 1.54) is 6.92 Å². The molecule has 0 radical (unpaired) electrons. The molecule has 0 bridgehead atoms. The minimum absolute atomic E-state index is 0.124. The number of aliphatic hydroxyl groups excluding tert-OH is 1. The van der Waals surface area contributed by atoms with Gasteiger partial charge in [-0.25, -0.2) is 0 Å². The summed E-state index contributed by atoms with van der Waals surface area (Å²) in [4.78, 5) is 11.0. The highest BCUT2D eigenvalue weighted by atomic mass is 16.5. The number of carbonyl (C=O) groups excluding carboxylic acids is 1. The molecule has 1 N–H and O–H groups in total. The maximum absolute atomic E-state index is 11.0. The third-order valence-electron chi connectivity index (χ3n) is 2.90. The third-order valence-corrected chi connectivity index (χ3v) is 2.90. The zero-order valence-corrected chi connectivity index (χ0v) is 13.0. The Labute approximate surface area is 130 Å². The van der Waals surface area contributed by atoms with Crippen molar-refractivity contribution in [3.8, 4) is 5.75 Å². The number of rotatable bonds is 6. The number of hydrogen-bond acceptors (Lipinski definition) is 4. The van der Waals surface area contributed by atoms with Gasteiger partial charge in [0, 0.05) is 12.5 Å². The molecule has 1 aromatic carbocycles. The molecule has 0 atom stereocenters. The molecule has 0 spiro atoms. The average molecular weight is 300 g/mol. The summed E-state index contributed by atoms with van der Waals surface area (Å²) in [5.41, 5.74) is 1.05. The van der Waals surface area contributed by atoms with E-state index in [0.717, 1.165) is 17.4 Å². The summed E-state index contributed by atoms with van der Waals surface area (Å²) < 4.78 is 11.2. The maximum Gasteiger partial charge on any atom is 0.168 e. The van der Waals surface area contributed by atoms with E-state index in [0.29, 0.717) is 17.9 Å². The summed E-state index contributed by atoms with van der Waals surface area (Å²) in [6.45, 7) is 5.34. The van der Waals surface area contributed by atoms with Gasteiger partial charge in [-0.3, -0.25) is 4.79 Å². The van der Waals surface area contributed by atoms with Crippen molar-refractivity contribution in [3.05, 3.63) is 59.6 Å². The number of hydrogen-bond donors (Lipinski definition) is 1. The van der Waals surface area contributed by atoms with E-state index in [1.807, 2.05) is 38.1 Å². The van der Waals surface area contributed by atoms with E-state index in [1.54, 1.807) is 12.1 Å². The van der Waals surface area contributed by atoms with Gasteiger partial charge in [0.25, 0.3) is 0 Å². The van der Waals surface area contributed by atoms with E-state index < -0.39 is 0 Å². The van der Waals surface area contributed by atoms with Crippen molar-refractivity contribution >= 4 is 11.5 Å². The molecule has 1 aromatic heterocycles. The highest BCUT2D eigenvalue weighted by Gasteiger charge is 2.08. The predicted molar refractivity (Wildman–Crippen MR) is 85.0 cm³/mol. The van der Waals surface area contributed by atoms with Gasteiger partial charge in [0.2, 0.25) is 0 Å². The fourth-order valence-corrected chi connectivity index (χ4v) is 2.08. The number of furan rings is 1. The lowest BCUT2D eigenvalue weighted by Gasteiger charge is -2.10. The van der Waals surface area contributed by atoms with E-state index in [-0.39, 0.29) is 17.6 Å². The van der Waals surface area contributed by atoms with Crippen LogP contribution in [0.5, 0.6) is 5.75 Å². The number of allylic oxidation sites excluding steroid dienone is 1. The topological polar surface area (TPSA) is 59.7 Å². The molecular formula is C18H20O4. The van der Waals surface area contributed by atoms with Gasteiger partial charge in [-0.1, -0.05) is 12.1 Å². The summed E-state index contributed by atoms with van der Waals surface area (Å²) >= 11 is 0. The molecule has 116 valence electrons. The molecule has 22 heavy (non-hydrogen) atoms. The van der Waals surface area contributed by atoms with Crippen molar-refractivity contribution in [3.63, 3.8) is 0 Å². The average Bonchev–Trinajstić information content (AvgIpc) is 2.86. The molecular weight excluding hydrogens is 280 g/mol. The zero-order chi connectivity index (χ0) is 16.1. The smallest absolute Gasteiger partial charge is 0.168 e. The summed E-state index contributed by atoms with van der Waals surface area (Å²) in [6.07, 6.45) is 1.85. The molecule has 0 aliphatic heterocycles. The van der Waals surface area contributed by atoms with Gasteiger partial charge in [0.05, 0.1) is 6.10 Å². The minimum atomic E-state index is -0.228. The first-order valence-electron chi connectivity index (χ1n) is 7.20. The Bertz CT molecular complexity index is 680. The number of aliphatic hydroxyl groups is 1. The van der Waals surface area contributed by atoms with Crippen molar-refractivity contribution in [2.75, 3.05) is 0 Å². The van der Waals surface area contributed by atoms with Gasteiger partial charge in [-0.15, -0.1) is 0 Å². The minimum Gasteiger partial charge on any atom is -0.504 e. The maximum atomic E-state index is 11.0. The highest BCUT2D eigenvalue weighted by molar-refractivity contribution is 5.92. The van der Waals surface area contributed by atoms with Crippen LogP contribution in [0.25, 0.3) is 5.76 Å². The summed E-state index contributed by atoms with van der Waals surface area (Å²) in [5.74, 6) is 1.43. The van der Waals surface area contributed by atoms with Crippen molar-refractivity contribution in [2.24, 2.45) is 0 Å². The normalized spacial score (nSPS) is 11.7. The Kier molecular flexibility index (Phi) is 5.04. The second kappa shape index (κ2) is 6.98. The fraction of sp³-hybridized carbons (Fsp3) is 0.278. The number of carbonyl (C=O) groups is 1. The summed E-state index contributed by atoms with van der Waals surface area (Å²) in [5, 5.41) is 9.74. The molecule has 4 nitrogen and oxygen atoms in total. The van der Waals surface area contributed by atoms with Crippen molar-refractivity contribution in [1.82, 2.24) is 0 Å². The molecule has 4 heteroatoms. The monoisotopic (exact) mass is 300 g/mol. The number of ether oxygens (including phenoxy) is 1. The Morgan fingerprint density at radius 1 is 1.32 bits per heavy atom. The van der Waals surface area contributed by atoms with Gasteiger partial charge in [-0.2, -0.15) is 0 Å². The molecule has 2 aromatic rings. The molecule has 0 amide bonds. The molecule has 2 rings (SSSR count).